The van der Waals surface area contributed by atoms with Gasteiger partial charge in [-0.05, 0) is 55.7 Å². The van der Waals surface area contributed by atoms with E-state index in [2.05, 4.69) is 5.32 Å². The third-order valence-corrected chi connectivity index (χ3v) is 7.56. The summed E-state index contributed by atoms with van der Waals surface area (Å²) in [6, 6.07) is 9.82. The molecule has 1 N–H and O–H groups in total. The van der Waals surface area contributed by atoms with Gasteiger partial charge in [0.25, 0.3) is 0 Å². The van der Waals surface area contributed by atoms with Crippen LogP contribution >= 0.6 is 0 Å². The maximum absolute atomic E-state index is 13.9. The molecule has 1 fully saturated rings. The normalized spacial score (nSPS) is 14.9. The number of hydrogen-bond acceptors (Lipinski definition) is 4. The Labute approximate surface area is 188 Å². The van der Waals surface area contributed by atoms with Crippen LogP contribution in [-0.2, 0) is 19.6 Å². The molecule has 2 aromatic rings. The van der Waals surface area contributed by atoms with Gasteiger partial charge in [-0.3, -0.25) is 9.59 Å². The zero-order chi connectivity index (χ0) is 23.5. The average molecular weight is 462 g/mol. The van der Waals surface area contributed by atoms with Crippen molar-refractivity contribution < 1.29 is 22.4 Å². The van der Waals surface area contributed by atoms with E-state index in [4.69, 9.17) is 0 Å². The highest BCUT2D eigenvalue weighted by Gasteiger charge is 2.31. The minimum absolute atomic E-state index is 0.0248. The molecule has 0 radical (unpaired) electrons. The van der Waals surface area contributed by atoms with Crippen LogP contribution in [0.2, 0.25) is 0 Å². The Morgan fingerprint density at radius 3 is 2.22 bits per heavy atom. The number of carbonyl (C=O) groups excluding carboxylic acids is 2. The van der Waals surface area contributed by atoms with Crippen molar-refractivity contribution in [2.24, 2.45) is 0 Å². The van der Waals surface area contributed by atoms with Crippen molar-refractivity contribution in [2.75, 3.05) is 31.5 Å². The predicted octanol–water partition coefficient (Wildman–Crippen LogP) is 3.00. The topological polar surface area (TPSA) is 86.8 Å². The maximum Gasteiger partial charge on any atom is 0.243 e. The molecule has 172 valence electrons. The van der Waals surface area contributed by atoms with E-state index in [1.807, 2.05) is 13.0 Å². The van der Waals surface area contributed by atoms with E-state index in [9.17, 15) is 22.4 Å². The second-order valence-corrected chi connectivity index (χ2v) is 9.99. The molecule has 1 aliphatic heterocycles. The van der Waals surface area contributed by atoms with Crippen molar-refractivity contribution in [1.82, 2.24) is 9.21 Å². The molecular formula is C23H28FN3O4S. The van der Waals surface area contributed by atoms with Gasteiger partial charge in [-0.1, -0.05) is 18.2 Å². The van der Waals surface area contributed by atoms with Crippen LogP contribution in [0.4, 0.5) is 10.1 Å². The van der Waals surface area contributed by atoms with Gasteiger partial charge in [0.2, 0.25) is 21.8 Å². The Hall–Kier alpha value is -2.78. The summed E-state index contributed by atoms with van der Waals surface area (Å²) in [4.78, 5) is 26.4. The summed E-state index contributed by atoms with van der Waals surface area (Å²) in [6.07, 6.45) is -0.101. The molecule has 0 atom stereocenters. The Bertz CT molecular complexity index is 1130. The number of aryl methyl sites for hydroxylation is 3. The number of piperazine rings is 1. The summed E-state index contributed by atoms with van der Waals surface area (Å²) in [5, 5.41) is 2.48. The molecule has 0 spiro atoms. The Kier molecular flexibility index (Phi) is 7.30. The monoisotopic (exact) mass is 461 g/mol. The van der Waals surface area contributed by atoms with E-state index in [1.54, 1.807) is 36.9 Å². The number of sulfonamides is 1. The number of anilines is 1. The second-order valence-electron chi connectivity index (χ2n) is 8.09. The minimum atomic E-state index is -3.64. The largest absolute Gasteiger partial charge is 0.340 e. The first-order chi connectivity index (χ1) is 15.1. The van der Waals surface area contributed by atoms with E-state index < -0.39 is 21.7 Å². The van der Waals surface area contributed by atoms with Gasteiger partial charge in [0, 0.05) is 39.0 Å². The van der Waals surface area contributed by atoms with Gasteiger partial charge in [-0.15, -0.1) is 0 Å². The summed E-state index contributed by atoms with van der Waals surface area (Å²) in [5.74, 6) is -1.20. The van der Waals surface area contributed by atoms with Crippen molar-refractivity contribution in [3.8, 4) is 0 Å². The molecule has 0 saturated carbocycles. The van der Waals surface area contributed by atoms with Crippen LogP contribution in [0.3, 0.4) is 0 Å². The molecule has 2 amide bonds. The second kappa shape index (κ2) is 9.79. The summed E-state index contributed by atoms with van der Waals surface area (Å²) in [5.41, 5.74) is 2.38. The number of carbonyl (C=O) groups is 2. The number of nitrogens with one attached hydrogen (secondary N) is 1. The molecule has 1 saturated heterocycles. The molecule has 0 aliphatic carbocycles. The molecule has 0 bridgehead atoms. The molecule has 0 aromatic heterocycles. The fourth-order valence-electron chi connectivity index (χ4n) is 3.61. The lowest BCUT2D eigenvalue weighted by Crippen LogP contribution is -2.50. The van der Waals surface area contributed by atoms with Crippen LogP contribution in [0.25, 0.3) is 0 Å². The standard InChI is InChI=1S/C23H28FN3O4S/c1-16-5-7-20(19(24)14-16)25-22(28)8-9-23(29)26-10-12-27(13-11-26)32(30,31)21-15-17(2)4-6-18(21)3/h4-7,14-15H,8-13H2,1-3H3,(H,25,28). The van der Waals surface area contributed by atoms with Gasteiger partial charge in [0.05, 0.1) is 10.6 Å². The van der Waals surface area contributed by atoms with Crippen LogP contribution in [-0.4, -0.2) is 55.6 Å². The molecule has 0 unspecified atom stereocenters. The van der Waals surface area contributed by atoms with Crippen LogP contribution in [0, 0.1) is 26.6 Å². The van der Waals surface area contributed by atoms with Crippen LogP contribution in [0.5, 0.6) is 0 Å². The van der Waals surface area contributed by atoms with Gasteiger partial charge >= 0.3 is 0 Å². The fraction of sp³-hybridized carbons (Fsp3) is 0.391. The fourth-order valence-corrected chi connectivity index (χ4v) is 5.35. The van der Waals surface area contributed by atoms with E-state index in [1.165, 1.54) is 16.4 Å². The van der Waals surface area contributed by atoms with Gasteiger partial charge in [0.15, 0.2) is 0 Å². The molecule has 1 heterocycles. The Morgan fingerprint density at radius 1 is 0.938 bits per heavy atom. The molecule has 1 aliphatic rings. The van der Waals surface area contributed by atoms with E-state index in [0.29, 0.717) is 5.56 Å². The van der Waals surface area contributed by atoms with Crippen molar-refractivity contribution in [3.05, 3.63) is 58.9 Å². The molecular weight excluding hydrogens is 433 g/mol. The first-order valence-electron chi connectivity index (χ1n) is 10.5. The highest BCUT2D eigenvalue weighted by Crippen LogP contribution is 2.23. The van der Waals surface area contributed by atoms with Crippen molar-refractivity contribution in [1.29, 1.82) is 0 Å². The molecule has 32 heavy (non-hydrogen) atoms. The zero-order valence-electron chi connectivity index (χ0n) is 18.5. The summed E-state index contributed by atoms with van der Waals surface area (Å²) in [6.45, 7) is 6.27. The third-order valence-electron chi connectivity index (χ3n) is 5.52. The number of halogens is 1. The molecule has 2 aromatic carbocycles. The summed E-state index contributed by atoms with van der Waals surface area (Å²) < 4.78 is 41.3. The van der Waals surface area contributed by atoms with Crippen LogP contribution < -0.4 is 5.32 Å². The molecule has 9 heteroatoms. The average Bonchev–Trinajstić information content (AvgIpc) is 2.75. The van der Waals surface area contributed by atoms with Crippen molar-refractivity contribution in [2.45, 2.75) is 38.5 Å². The SMILES string of the molecule is Cc1ccc(NC(=O)CCC(=O)N2CCN(S(=O)(=O)c3cc(C)ccc3C)CC2)c(F)c1. The van der Waals surface area contributed by atoms with Gasteiger partial charge in [-0.2, -0.15) is 4.31 Å². The Morgan fingerprint density at radius 2 is 1.56 bits per heavy atom. The third kappa shape index (κ3) is 5.52. The van der Waals surface area contributed by atoms with Gasteiger partial charge in [-0.25, -0.2) is 12.8 Å². The highest BCUT2D eigenvalue weighted by atomic mass is 32.2. The summed E-state index contributed by atoms with van der Waals surface area (Å²) in [7, 11) is -3.64. The van der Waals surface area contributed by atoms with Gasteiger partial charge < -0.3 is 10.2 Å². The van der Waals surface area contributed by atoms with Crippen molar-refractivity contribution >= 4 is 27.5 Å². The maximum atomic E-state index is 13.9. The molecule has 7 nitrogen and oxygen atoms in total. The van der Waals surface area contributed by atoms with Gasteiger partial charge in [0.1, 0.15) is 5.82 Å². The molecule has 3 rings (SSSR count). The smallest absolute Gasteiger partial charge is 0.243 e. The summed E-state index contributed by atoms with van der Waals surface area (Å²) >= 11 is 0. The van der Waals surface area contributed by atoms with Crippen molar-refractivity contribution in [3.63, 3.8) is 0 Å². The number of nitrogens with zero attached hydrogens (tertiary/aromatic N) is 2. The number of hydrogen-bond donors (Lipinski definition) is 1. The number of benzene rings is 2. The minimum Gasteiger partial charge on any atom is -0.340 e. The predicted molar refractivity (Wildman–Crippen MR) is 120 cm³/mol. The lowest BCUT2D eigenvalue weighted by molar-refractivity contribution is -0.133. The first-order valence-corrected chi connectivity index (χ1v) is 11.9. The van der Waals surface area contributed by atoms with Crippen LogP contribution in [0.1, 0.15) is 29.5 Å². The highest BCUT2D eigenvalue weighted by molar-refractivity contribution is 7.89. The zero-order valence-corrected chi connectivity index (χ0v) is 19.3. The first kappa shape index (κ1) is 23.9. The Balaban J connectivity index is 1.52. The number of amides is 2. The van der Waals surface area contributed by atoms with E-state index in [0.717, 1.165) is 11.1 Å². The number of rotatable bonds is 6. The van der Waals surface area contributed by atoms with E-state index >= 15 is 0 Å². The lowest BCUT2D eigenvalue weighted by Gasteiger charge is -2.34. The van der Waals surface area contributed by atoms with Crippen LogP contribution in [0.15, 0.2) is 41.3 Å². The lowest BCUT2D eigenvalue weighted by atomic mass is 10.2. The van der Waals surface area contributed by atoms with E-state index in [-0.39, 0.29) is 55.5 Å². The quantitative estimate of drug-likeness (QED) is 0.717.